The number of nitriles is 6. The van der Waals surface area contributed by atoms with E-state index in [4.69, 9.17) is 31.6 Å². The minimum Gasteiger partial charge on any atom is 1.00 e. The van der Waals surface area contributed by atoms with E-state index in [2.05, 4.69) is 0 Å². The first kappa shape index (κ1) is 20.1. The van der Waals surface area contributed by atoms with Crippen LogP contribution >= 0.6 is 0 Å². The summed E-state index contributed by atoms with van der Waals surface area (Å²) in [7, 11) is -6.17. The van der Waals surface area contributed by atoms with Crippen LogP contribution < -0.4 is 51.4 Å². The molecule has 1 radical (unpaired) electrons. The number of hydrogen-bond acceptors (Lipinski definition) is 6. The quantitative estimate of drug-likeness (QED) is 0.439. The summed E-state index contributed by atoms with van der Waals surface area (Å²) in [4.78, 5) is 6.19. The van der Waals surface area contributed by atoms with Gasteiger partial charge >= 0.3 is 140 Å². The molecule has 9 heteroatoms. The number of nitrogens with zero attached hydrogens (tertiary/aromatic N) is 6. The van der Waals surface area contributed by atoms with E-state index in [0.29, 0.717) is 0 Å². The third-order valence-corrected chi connectivity index (χ3v) is 4.89. The molecule has 0 aromatic heterocycles. The van der Waals surface area contributed by atoms with E-state index >= 15 is 0 Å². The van der Waals surface area contributed by atoms with Crippen LogP contribution in [0.25, 0.3) is 0 Å². The summed E-state index contributed by atoms with van der Waals surface area (Å²) in [5.74, 6) is 0. The average molecular weight is 310 g/mol. The van der Waals surface area contributed by atoms with Gasteiger partial charge in [0.25, 0.3) is 0 Å². The Morgan fingerprint density at radius 1 is 0.533 bits per heavy atom. The molecular formula is C6CoFeKN6. The van der Waals surface area contributed by atoms with Crippen molar-refractivity contribution in [2.45, 2.75) is 0 Å². The van der Waals surface area contributed by atoms with Gasteiger partial charge < -0.3 is 0 Å². The molecule has 0 bridgehead atoms. The fourth-order valence-corrected chi connectivity index (χ4v) is 1.09. The minimum atomic E-state index is -6.17. The van der Waals surface area contributed by atoms with Crippen molar-refractivity contribution in [3.8, 4) is 29.8 Å². The topological polar surface area (TPSA) is 143 Å². The molecule has 0 spiro atoms. The molecule has 0 atom stereocenters. The summed E-state index contributed by atoms with van der Waals surface area (Å²) < 4.78 is 0. The van der Waals surface area contributed by atoms with Crippen LogP contribution in [0, 0.1) is 61.4 Å². The SMILES string of the molecule is N#[C][Fe-3]([C]#N)([C]#N)([C]#N)([C]#N)[C]#N.[Co+2].[K+]. The van der Waals surface area contributed by atoms with Crippen LogP contribution in [0.1, 0.15) is 0 Å². The molecule has 0 N–H and O–H groups in total. The maximum Gasteiger partial charge on any atom is 2.00 e. The summed E-state index contributed by atoms with van der Waals surface area (Å²) in [6, 6.07) is 0. The summed E-state index contributed by atoms with van der Waals surface area (Å²) in [6.07, 6.45) is 0. The molecule has 0 saturated heterocycles. The first-order valence-corrected chi connectivity index (χ1v) is 5.71. The van der Waals surface area contributed by atoms with Crippen LogP contribution in [-0.2, 0) is 27.5 Å². The first-order valence-electron chi connectivity index (χ1n) is 2.40. The standard InChI is InChI=1S/6CN.Co.Fe.K/c6*1-2;;;/q;;;;;;+2;-3;+1. The maximum absolute atomic E-state index is 8.58. The van der Waals surface area contributed by atoms with Gasteiger partial charge in [0, 0.05) is 0 Å². The molecule has 0 heterocycles. The Kier molecular flexibility index (Phi) is 6.81. The summed E-state index contributed by atoms with van der Waals surface area (Å²) in [6.45, 7) is 0. The van der Waals surface area contributed by atoms with Crippen molar-refractivity contribution < 1.29 is 78.9 Å². The normalized spacial score (nSPS) is 11.6. The second-order valence-corrected chi connectivity index (χ2v) is 7.42. The third-order valence-electron chi connectivity index (χ3n) is 1.19. The number of rotatable bonds is 0. The molecule has 0 aliphatic carbocycles. The fourth-order valence-electron chi connectivity index (χ4n) is 0.265. The average Bonchev–Trinajstić information content (AvgIpc) is 2.26. The van der Waals surface area contributed by atoms with Crippen molar-refractivity contribution in [2.24, 2.45) is 0 Å². The second kappa shape index (κ2) is 5.09. The van der Waals surface area contributed by atoms with Gasteiger partial charge in [0.2, 0.25) is 0 Å². The second-order valence-electron chi connectivity index (χ2n) is 1.80. The Hall–Kier alpha value is -0.398. The zero-order valence-corrected chi connectivity index (χ0v) is 12.6. The molecular weight excluding hydrogens is 310 g/mol. The maximum atomic E-state index is 8.58. The molecule has 0 aromatic rings. The zero-order valence-electron chi connectivity index (χ0n) is 7.37. The van der Waals surface area contributed by atoms with E-state index in [1.807, 2.05) is 0 Å². The first-order chi connectivity index (χ1) is 5.97. The van der Waals surface area contributed by atoms with Gasteiger partial charge in [-0.3, -0.25) is 0 Å². The van der Waals surface area contributed by atoms with E-state index in [9.17, 15) is 0 Å². The molecule has 15 heavy (non-hydrogen) atoms. The third kappa shape index (κ3) is 2.09. The molecule has 0 aromatic carbocycles. The summed E-state index contributed by atoms with van der Waals surface area (Å²) in [5.41, 5.74) is 0. The smallest absolute Gasteiger partial charge is 1.00 e. The van der Waals surface area contributed by atoms with Gasteiger partial charge in [-0.1, -0.05) is 0 Å². The van der Waals surface area contributed by atoms with Gasteiger partial charge in [-0.25, -0.2) is 0 Å². The van der Waals surface area contributed by atoms with Crippen molar-refractivity contribution in [3.63, 3.8) is 0 Å². The Labute approximate surface area is 138 Å². The van der Waals surface area contributed by atoms with Gasteiger partial charge in [0.15, 0.2) is 0 Å². The minimum absolute atomic E-state index is 0. The van der Waals surface area contributed by atoms with Crippen LogP contribution in [0.5, 0.6) is 0 Å². The monoisotopic (exact) mass is 310 g/mol. The predicted molar refractivity (Wildman–Crippen MR) is 33.7 cm³/mol. The van der Waals surface area contributed by atoms with E-state index < -0.39 is 10.7 Å². The molecule has 0 unspecified atom stereocenters. The molecule has 0 fully saturated rings. The van der Waals surface area contributed by atoms with E-state index in [1.165, 1.54) is 0 Å². The van der Waals surface area contributed by atoms with Crippen LogP contribution in [0.15, 0.2) is 0 Å². The van der Waals surface area contributed by atoms with Crippen molar-refractivity contribution in [3.05, 3.63) is 0 Å². The summed E-state index contributed by atoms with van der Waals surface area (Å²) in [5, 5.41) is 51.5. The van der Waals surface area contributed by atoms with Crippen LogP contribution in [-0.4, -0.2) is 0 Å². The Bertz CT molecular complexity index is 397. The van der Waals surface area contributed by atoms with Crippen molar-refractivity contribution >= 4 is 0 Å². The molecule has 0 amide bonds. The predicted octanol–water partition coefficient (Wildman–Crippen LogP) is -2.90. The number of hydrogen-bond donors (Lipinski definition) is 0. The van der Waals surface area contributed by atoms with Gasteiger partial charge in [-0.2, -0.15) is 0 Å². The van der Waals surface area contributed by atoms with E-state index in [1.54, 1.807) is 0 Å². The molecule has 0 aliphatic heterocycles. The van der Waals surface area contributed by atoms with Gasteiger partial charge in [-0.15, -0.1) is 0 Å². The molecule has 0 rings (SSSR count). The molecule has 0 aliphatic rings. The van der Waals surface area contributed by atoms with Crippen molar-refractivity contribution in [1.82, 2.24) is 0 Å². The molecule has 72 valence electrons. The van der Waals surface area contributed by atoms with Gasteiger partial charge in [0.05, 0.1) is 0 Å². The largest absolute Gasteiger partial charge is 2.00 e. The van der Waals surface area contributed by atoms with Crippen LogP contribution in [0.3, 0.4) is 0 Å². The zero-order chi connectivity index (χ0) is 10.7. The molecule has 0 saturated carbocycles. The molecule has 6 nitrogen and oxygen atoms in total. The van der Waals surface area contributed by atoms with Crippen LogP contribution in [0.4, 0.5) is 0 Å². The van der Waals surface area contributed by atoms with E-state index in [-0.39, 0.29) is 68.2 Å². The Morgan fingerprint density at radius 3 is 0.667 bits per heavy atom. The fraction of sp³-hybridized carbons (Fsp3) is 0. The Morgan fingerprint density at radius 2 is 0.667 bits per heavy atom. The van der Waals surface area contributed by atoms with Gasteiger partial charge in [-0.05, 0) is 0 Å². The van der Waals surface area contributed by atoms with E-state index in [0.717, 1.165) is 29.8 Å². The Balaban J connectivity index is -0.000000720. The summed E-state index contributed by atoms with van der Waals surface area (Å²) >= 11 is 0. The van der Waals surface area contributed by atoms with Gasteiger partial charge in [0.1, 0.15) is 0 Å². The van der Waals surface area contributed by atoms with Crippen molar-refractivity contribution in [1.29, 1.82) is 31.6 Å². The van der Waals surface area contributed by atoms with Crippen LogP contribution in [0.2, 0.25) is 0 Å². The van der Waals surface area contributed by atoms with Crippen molar-refractivity contribution in [2.75, 3.05) is 0 Å².